The molecule has 2 aliphatic heterocycles. The van der Waals surface area contributed by atoms with Crippen LogP contribution in [0.2, 0.25) is 0 Å². The largest absolute Gasteiger partial charge is 0.457 e. The highest BCUT2D eigenvalue weighted by Gasteiger charge is 2.35. The lowest BCUT2D eigenvalue weighted by Gasteiger charge is -2.47. The van der Waals surface area contributed by atoms with Gasteiger partial charge in [-0.3, -0.25) is 9.88 Å². The Morgan fingerprint density at radius 2 is 1.53 bits per heavy atom. The fourth-order valence-electron chi connectivity index (χ4n) is 5.19. The van der Waals surface area contributed by atoms with Crippen molar-refractivity contribution in [2.75, 3.05) is 37.2 Å². The number of nitrogens with zero attached hydrogens (tertiary/aromatic N) is 5. The van der Waals surface area contributed by atoms with Crippen LogP contribution in [-0.4, -0.2) is 42.2 Å². The van der Waals surface area contributed by atoms with Crippen molar-refractivity contribution in [2.24, 2.45) is 0 Å². The van der Waals surface area contributed by atoms with Crippen LogP contribution in [0.3, 0.4) is 0 Å². The van der Waals surface area contributed by atoms with Crippen molar-refractivity contribution in [3.05, 3.63) is 109 Å². The number of benzene rings is 3. The molecule has 6 nitrogen and oxygen atoms in total. The Morgan fingerprint density at radius 1 is 0.737 bits per heavy atom. The Balaban J connectivity index is 1.41. The summed E-state index contributed by atoms with van der Waals surface area (Å²) < 4.78 is 6.53. The molecule has 1 aromatic heterocycles. The second kappa shape index (κ2) is 9.54. The Bertz CT molecular complexity index is 1480. The van der Waals surface area contributed by atoms with Crippen LogP contribution in [0.4, 0.5) is 17.1 Å². The molecule has 6 heteroatoms. The number of rotatable bonds is 5. The first-order chi connectivity index (χ1) is 18.4. The minimum Gasteiger partial charge on any atom is -0.457 e. The second-order valence-corrected chi connectivity index (χ2v) is 10.6. The van der Waals surface area contributed by atoms with Crippen LogP contribution >= 0.6 is 0 Å². The van der Waals surface area contributed by atoms with Crippen LogP contribution in [0, 0.1) is 0 Å². The van der Waals surface area contributed by atoms with Crippen molar-refractivity contribution >= 4 is 17.1 Å². The summed E-state index contributed by atoms with van der Waals surface area (Å²) in [5, 5.41) is 0. The van der Waals surface area contributed by atoms with E-state index in [4.69, 9.17) is 4.74 Å². The lowest BCUT2D eigenvalue weighted by Crippen LogP contribution is -2.49. The Morgan fingerprint density at radius 3 is 2.32 bits per heavy atom. The van der Waals surface area contributed by atoms with Gasteiger partial charge in [-0.05, 0) is 80.1 Å². The number of hydrogen-bond donors (Lipinski definition) is 0. The zero-order chi connectivity index (χ0) is 26.3. The van der Waals surface area contributed by atoms with Gasteiger partial charge in [0, 0.05) is 66.6 Å². The van der Waals surface area contributed by atoms with Gasteiger partial charge in [0.15, 0.2) is 0 Å². The summed E-state index contributed by atoms with van der Waals surface area (Å²) in [6.45, 7) is 6.16. The Hall–Kier alpha value is -4.29. The van der Waals surface area contributed by atoms with Gasteiger partial charge in [-0.2, -0.15) is 0 Å². The van der Waals surface area contributed by atoms with Crippen LogP contribution in [0.15, 0.2) is 104 Å². The third-order valence-corrected chi connectivity index (χ3v) is 7.64. The van der Waals surface area contributed by atoms with E-state index in [1.165, 1.54) is 11.3 Å². The number of para-hydroxylation sites is 1. The number of hydrogen-bond acceptors (Lipinski definition) is 6. The van der Waals surface area contributed by atoms with Crippen LogP contribution in [0.5, 0.6) is 11.5 Å². The topological polar surface area (TPSA) is 35.1 Å². The van der Waals surface area contributed by atoms with Crippen LogP contribution in [-0.2, 0) is 5.54 Å². The van der Waals surface area contributed by atoms with Crippen LogP contribution in [0.1, 0.15) is 19.4 Å². The number of anilines is 3. The molecule has 0 N–H and O–H groups in total. The molecule has 192 valence electrons. The molecule has 38 heavy (non-hydrogen) atoms. The predicted molar refractivity (Wildman–Crippen MR) is 155 cm³/mol. The first-order valence-electron chi connectivity index (χ1n) is 13.0. The first kappa shape index (κ1) is 24.1. The highest BCUT2D eigenvalue weighted by molar-refractivity contribution is 5.76. The number of fused-ring (bicyclic) bond motifs is 1. The molecule has 3 heterocycles. The summed E-state index contributed by atoms with van der Waals surface area (Å²) in [5.74, 6) is 1.60. The highest BCUT2D eigenvalue weighted by Crippen LogP contribution is 2.44. The van der Waals surface area contributed by atoms with E-state index < -0.39 is 0 Å². The fourth-order valence-corrected chi connectivity index (χ4v) is 5.19. The molecule has 0 fully saturated rings. The number of aromatic nitrogens is 1. The van der Waals surface area contributed by atoms with Gasteiger partial charge in [0.2, 0.25) is 0 Å². The van der Waals surface area contributed by atoms with E-state index in [-0.39, 0.29) is 5.54 Å². The molecule has 0 aliphatic carbocycles. The molecule has 0 unspecified atom stereocenters. The maximum atomic E-state index is 6.53. The SMILES string of the molecule is CN1C=CN(c2cccc(Oc3cc(-c4ccncc4)cc(N4CN(C)C(C)(C)c5ccccc54)c3)c2)C1. The van der Waals surface area contributed by atoms with Gasteiger partial charge < -0.3 is 19.4 Å². The van der Waals surface area contributed by atoms with Crippen molar-refractivity contribution in [3.8, 4) is 22.6 Å². The summed E-state index contributed by atoms with van der Waals surface area (Å²) >= 11 is 0. The van der Waals surface area contributed by atoms with Crippen molar-refractivity contribution < 1.29 is 4.74 Å². The molecule has 4 aromatic rings. The molecule has 0 spiro atoms. The summed E-state index contributed by atoms with van der Waals surface area (Å²) in [7, 11) is 4.25. The van der Waals surface area contributed by atoms with Crippen molar-refractivity contribution in [3.63, 3.8) is 0 Å². The van der Waals surface area contributed by atoms with Crippen molar-refractivity contribution in [1.82, 2.24) is 14.8 Å². The number of ether oxygens (including phenoxy) is 1. The quantitative estimate of drug-likeness (QED) is 0.292. The minimum absolute atomic E-state index is 0.0618. The lowest BCUT2D eigenvalue weighted by molar-refractivity contribution is 0.150. The highest BCUT2D eigenvalue weighted by atomic mass is 16.5. The van der Waals surface area contributed by atoms with E-state index in [2.05, 4.69) is 120 Å². The van der Waals surface area contributed by atoms with Crippen molar-refractivity contribution in [2.45, 2.75) is 19.4 Å². The molecule has 0 saturated carbocycles. The molecule has 2 aliphatic rings. The van der Waals surface area contributed by atoms with E-state index >= 15 is 0 Å². The van der Waals surface area contributed by atoms with E-state index in [1.54, 1.807) is 0 Å². The van der Waals surface area contributed by atoms with E-state index in [1.807, 2.05) is 36.7 Å². The maximum absolute atomic E-state index is 6.53. The Labute approximate surface area is 225 Å². The van der Waals surface area contributed by atoms with Gasteiger partial charge in [-0.1, -0.05) is 24.3 Å². The molecule has 0 bridgehead atoms. The van der Waals surface area contributed by atoms with E-state index in [0.29, 0.717) is 0 Å². The monoisotopic (exact) mass is 503 g/mol. The number of pyridine rings is 1. The Kier molecular flexibility index (Phi) is 6.04. The van der Waals surface area contributed by atoms with E-state index in [9.17, 15) is 0 Å². The van der Waals surface area contributed by atoms with Crippen LogP contribution in [0.25, 0.3) is 11.1 Å². The molecule has 0 radical (unpaired) electrons. The van der Waals surface area contributed by atoms with E-state index in [0.717, 1.165) is 47.3 Å². The first-order valence-corrected chi connectivity index (χ1v) is 13.0. The van der Waals surface area contributed by atoms with Gasteiger partial charge in [0.05, 0.1) is 13.3 Å². The third kappa shape index (κ3) is 4.48. The summed E-state index contributed by atoms with van der Waals surface area (Å²) in [6.07, 6.45) is 7.83. The molecular formula is C32H33N5O. The average Bonchev–Trinajstić information content (AvgIpc) is 3.38. The zero-order valence-corrected chi connectivity index (χ0v) is 22.4. The molecule has 0 saturated heterocycles. The molecule has 0 atom stereocenters. The molecule has 3 aromatic carbocycles. The second-order valence-electron chi connectivity index (χ2n) is 10.6. The fraction of sp³-hybridized carbons (Fsp3) is 0.219. The molecule has 6 rings (SSSR count). The summed E-state index contributed by atoms with van der Waals surface area (Å²) in [6, 6.07) is 27.5. The predicted octanol–water partition coefficient (Wildman–Crippen LogP) is 7.00. The normalized spacial score (nSPS) is 16.6. The summed E-state index contributed by atoms with van der Waals surface area (Å²) in [5.41, 5.74) is 6.84. The molecule has 0 amide bonds. The average molecular weight is 504 g/mol. The van der Waals surface area contributed by atoms with Gasteiger partial charge in [0.1, 0.15) is 11.5 Å². The standard InChI is InChI=1S/C32H33N5O/c1-32(2)30-10-5-6-11-31(30)37(23-35(32)4)27-18-25(24-12-14-33-15-13-24)19-29(21-27)38-28-9-7-8-26(20-28)36-17-16-34(3)22-36/h5-21H,22-23H2,1-4H3. The van der Waals surface area contributed by atoms with Gasteiger partial charge >= 0.3 is 0 Å². The maximum Gasteiger partial charge on any atom is 0.130 e. The van der Waals surface area contributed by atoms with Gasteiger partial charge in [0.25, 0.3) is 0 Å². The van der Waals surface area contributed by atoms with Crippen LogP contribution < -0.4 is 14.5 Å². The van der Waals surface area contributed by atoms with Gasteiger partial charge in [-0.15, -0.1) is 0 Å². The van der Waals surface area contributed by atoms with Crippen molar-refractivity contribution in [1.29, 1.82) is 0 Å². The zero-order valence-electron chi connectivity index (χ0n) is 22.4. The smallest absolute Gasteiger partial charge is 0.130 e. The lowest BCUT2D eigenvalue weighted by atomic mass is 9.88. The van der Waals surface area contributed by atoms with Gasteiger partial charge in [-0.25, -0.2) is 0 Å². The minimum atomic E-state index is -0.0618. The summed E-state index contributed by atoms with van der Waals surface area (Å²) in [4.78, 5) is 13.3. The molecular weight excluding hydrogens is 470 g/mol. The third-order valence-electron chi connectivity index (χ3n) is 7.64.